The van der Waals surface area contributed by atoms with E-state index in [4.69, 9.17) is 0 Å². The van der Waals surface area contributed by atoms with E-state index < -0.39 is 289 Å². The van der Waals surface area contributed by atoms with Crippen molar-refractivity contribution in [2.45, 2.75) is 20.8 Å². The number of rotatable bonds is 9. The van der Waals surface area contributed by atoms with Crippen LogP contribution in [0.2, 0.25) is 0 Å². The highest BCUT2D eigenvalue weighted by molar-refractivity contribution is 7.21. The molecule has 0 N–H and O–H groups in total. The third kappa shape index (κ3) is 11.9. The van der Waals surface area contributed by atoms with E-state index in [1.807, 2.05) is 0 Å². The van der Waals surface area contributed by atoms with Crippen LogP contribution in [0.15, 0.2) is 24.3 Å². The topological polar surface area (TPSA) is 0 Å². The molecule has 9 rings (SSSR count). The van der Waals surface area contributed by atoms with Crippen molar-refractivity contribution < 1.29 is 200 Å². The molecule has 101 heavy (non-hydrogen) atoms. The Labute approximate surface area is 548 Å². The first-order valence-corrected chi connectivity index (χ1v) is 25.4. The summed E-state index contributed by atoms with van der Waals surface area (Å²) in [6, 6.07) is 8.45. The summed E-state index contributed by atoms with van der Waals surface area (Å²) >= 11 is 0. The smallest absolute Gasteiger partial charge is 0.207 e. The van der Waals surface area contributed by atoms with E-state index in [1.165, 1.54) is 17.0 Å². The fourth-order valence-electron chi connectivity index (χ4n) is 10.9. The highest BCUT2D eigenvalue weighted by Gasteiger charge is 2.55. The molecule has 0 fully saturated rings. The molecule has 9 aromatic rings. The monoisotopic (exact) mass is 1620 g/mol. The van der Waals surface area contributed by atoms with Crippen molar-refractivity contribution in [1.29, 1.82) is 0 Å². The second kappa shape index (κ2) is 28.7. The molecule has 43 heteroatoms. The van der Waals surface area contributed by atoms with Gasteiger partial charge in [-0.05, 0) is 18.2 Å². The molecule has 540 valence electrons. The quantitative estimate of drug-likeness (QED) is 0.0337. The maximum Gasteiger partial charge on any atom is 0.235 e. The Morgan fingerprint density at radius 2 is 0.277 bits per heavy atom. The first-order valence-electron chi connectivity index (χ1n) is 25.4. The Balaban J connectivity index is 0.000000276. The van der Waals surface area contributed by atoms with Crippen molar-refractivity contribution in [3.05, 3.63) is 274 Å². The highest BCUT2D eigenvalue weighted by atomic mass is 127. The molecule has 0 aliphatic heterocycles. The lowest BCUT2D eigenvalue weighted by Gasteiger charge is -2.44. The fraction of sp³-hybridized carbons (Fsp3) is 0.0517. The summed E-state index contributed by atoms with van der Waals surface area (Å²) in [5.41, 5.74) is -25.9. The molecule has 0 aliphatic rings. The zero-order chi connectivity index (χ0) is 76.3. The number of benzene rings is 9. The fourth-order valence-corrected chi connectivity index (χ4v) is 10.9. The van der Waals surface area contributed by atoms with Crippen LogP contribution in [0.4, 0.5) is 176 Å². The van der Waals surface area contributed by atoms with E-state index in [1.54, 1.807) is 0 Å². The van der Waals surface area contributed by atoms with Crippen LogP contribution in [0.25, 0.3) is 0 Å². The third-order valence-electron chi connectivity index (χ3n) is 15.1. The molecule has 0 radical (unpaired) electrons. The van der Waals surface area contributed by atoms with E-state index >= 15 is 70.2 Å². The Kier molecular flexibility index (Phi) is 23.0. The van der Waals surface area contributed by atoms with Gasteiger partial charge in [0.1, 0.15) is 111 Å². The minimum atomic E-state index is -7.22. The van der Waals surface area contributed by atoms with Gasteiger partial charge in [0.15, 0.2) is 140 Å². The predicted octanol–water partition coefficient (Wildman–Crippen LogP) is 11.1. The van der Waals surface area contributed by atoms with Crippen molar-refractivity contribution in [3.8, 4) is 0 Å². The number of hydrogen-bond donors (Lipinski definition) is 0. The van der Waals surface area contributed by atoms with Crippen molar-refractivity contribution >= 4 is 56.0 Å². The van der Waals surface area contributed by atoms with Crippen LogP contribution in [0.5, 0.6) is 0 Å². The standard InChI is InChI=1S/2C24BF20.C10H13.H2I/c2*26-5-1(6(27)14(35)21(42)13(5)34)25(2-7(28)15(36)22(43)16(37)8(2)29,3-9(30)17(38)23(44)18(39)10(3)31)4-11(32)19(40)24(45)20(41)12(4)33;1-8(2)10-7-5-4-6-9(10)3;/h;;4-7H,1-3H3;1H2/q2*-1;2*+1. The Hall–Kier alpha value is -9.09. The Morgan fingerprint density at radius 3 is 0.366 bits per heavy atom. The molecule has 0 saturated heterocycles. The van der Waals surface area contributed by atoms with Crippen molar-refractivity contribution in [3.63, 3.8) is 0 Å². The molecule has 0 unspecified atom stereocenters. The van der Waals surface area contributed by atoms with Crippen LogP contribution in [-0.2, 0) is 0 Å². The van der Waals surface area contributed by atoms with E-state index in [-0.39, 0.29) is 24.0 Å². The summed E-state index contributed by atoms with van der Waals surface area (Å²) in [5, 5.41) is 0. The van der Waals surface area contributed by atoms with E-state index in [0.717, 1.165) is 0 Å². The van der Waals surface area contributed by atoms with Gasteiger partial charge in [0.05, 0.1) is 5.56 Å². The molecule has 0 spiro atoms. The second-order valence-electron chi connectivity index (χ2n) is 20.4. The van der Waals surface area contributed by atoms with Crippen LogP contribution >= 0.6 is 0 Å². The van der Waals surface area contributed by atoms with E-state index in [9.17, 15) is 105 Å². The lowest BCUT2D eigenvalue weighted by molar-refractivity contribution is -0.0000391. The highest BCUT2D eigenvalue weighted by Crippen LogP contribution is 2.35. The SMILES string of the molecule is Cc1ccccc1[C+](C)C.Fc1c(F)c(F)c([B-](c2c(F)c(F)c(F)c(F)c2F)(c2c(F)c(F)c(F)c(F)c2F)c2c(F)c(F)c(F)c(F)c2F)c(F)c1F.Fc1c(F)c(F)c([B-](c2c(F)c(F)c(F)c(F)c2F)(c2c(F)c(F)c(F)c(F)c2F)c2c(F)c(F)c(F)c(F)c2F)c(F)c1F.[IH2+]. The van der Waals surface area contributed by atoms with Gasteiger partial charge >= 0.3 is 0 Å². The van der Waals surface area contributed by atoms with Gasteiger partial charge < -0.3 is 0 Å². The number of aryl methyl sites for hydroxylation is 1. The molecule has 0 saturated carbocycles. The largest absolute Gasteiger partial charge is 0.235 e. The molecular weight excluding hydrogens is 1610 g/mol. The van der Waals surface area contributed by atoms with Crippen LogP contribution < -0.4 is 67.7 Å². The molecule has 0 aromatic heterocycles. The molecule has 0 atom stereocenters. The van der Waals surface area contributed by atoms with Crippen molar-refractivity contribution in [2.24, 2.45) is 0 Å². The van der Waals surface area contributed by atoms with Gasteiger partial charge in [0, 0.05) is 32.8 Å². The molecule has 0 heterocycles. The van der Waals surface area contributed by atoms with Gasteiger partial charge in [0.2, 0.25) is 24.0 Å². The summed E-state index contributed by atoms with van der Waals surface area (Å²) < 4.78 is 588. The number of halogens is 41. The molecule has 0 amide bonds. The summed E-state index contributed by atoms with van der Waals surface area (Å²) in [6.45, 7) is 6.42. The maximum atomic E-state index is 15.4. The van der Waals surface area contributed by atoms with Gasteiger partial charge in [-0.3, -0.25) is 0 Å². The maximum absolute atomic E-state index is 15.4. The van der Waals surface area contributed by atoms with E-state index in [2.05, 4.69) is 45.0 Å². The minimum absolute atomic E-state index is 0. The Bertz CT molecular complexity index is 3900. The summed E-state index contributed by atoms with van der Waals surface area (Å²) in [6.07, 6.45) is -14.4. The van der Waals surface area contributed by atoms with E-state index in [0.29, 0.717) is 0 Å². The van der Waals surface area contributed by atoms with Crippen LogP contribution in [0, 0.1) is 246 Å². The van der Waals surface area contributed by atoms with Gasteiger partial charge in [0.25, 0.3) is 0 Å². The third-order valence-corrected chi connectivity index (χ3v) is 15.1. The summed E-state index contributed by atoms with van der Waals surface area (Å²) in [5.74, 6) is -141. The van der Waals surface area contributed by atoms with Gasteiger partial charge in [-0.25, -0.2) is 176 Å². The van der Waals surface area contributed by atoms with Crippen LogP contribution in [0.1, 0.15) is 25.0 Å². The number of hydrogen-bond acceptors (Lipinski definition) is 0. The molecule has 0 nitrogen and oxygen atoms in total. The van der Waals surface area contributed by atoms with Gasteiger partial charge in [-0.1, -0.05) is 0 Å². The average Bonchev–Trinajstić information content (AvgIpc) is 0.688. The minimum Gasteiger partial charge on any atom is -0.207 e. The first-order chi connectivity index (χ1) is 46.1. The predicted molar refractivity (Wildman–Crippen MR) is 266 cm³/mol. The van der Waals surface area contributed by atoms with Crippen molar-refractivity contribution in [1.82, 2.24) is 0 Å². The molecule has 0 bridgehead atoms. The second-order valence-corrected chi connectivity index (χ2v) is 20.4. The lowest BCUT2D eigenvalue weighted by atomic mass is 9.12. The van der Waals surface area contributed by atoms with Gasteiger partial charge in [-0.2, -0.15) is 0 Å². The zero-order valence-electron chi connectivity index (χ0n) is 47.5. The Morgan fingerprint density at radius 1 is 0.178 bits per heavy atom. The molecule has 0 aliphatic carbocycles. The van der Waals surface area contributed by atoms with Crippen molar-refractivity contribution in [2.75, 3.05) is 0 Å². The van der Waals surface area contributed by atoms with Gasteiger partial charge in [-0.15, -0.1) is 43.7 Å². The lowest BCUT2D eigenvalue weighted by Crippen LogP contribution is -3.00. The first kappa shape index (κ1) is 80.9. The normalized spacial score (nSPS) is 11.6. The average molecular weight is 1620 g/mol. The zero-order valence-corrected chi connectivity index (χ0v) is 50.1. The van der Waals surface area contributed by atoms with Crippen LogP contribution in [-0.4, -0.2) is 12.3 Å². The summed E-state index contributed by atoms with van der Waals surface area (Å²) in [7, 11) is 0. The molecular formula is C58H15B2F40I. The van der Waals surface area contributed by atoms with Crippen LogP contribution in [0.3, 0.4) is 0 Å². The molecule has 9 aromatic carbocycles. The summed E-state index contributed by atoms with van der Waals surface area (Å²) in [4.78, 5) is 0.